The molecular weight excluding hydrogens is 372 g/mol. The van der Waals surface area contributed by atoms with Crippen molar-refractivity contribution in [3.05, 3.63) is 42.2 Å². The summed E-state index contributed by atoms with van der Waals surface area (Å²) >= 11 is 1.61. The Balaban J connectivity index is 1.42. The largest absolute Gasteiger partial charge is 0.383 e. The third-order valence-electron chi connectivity index (χ3n) is 5.26. The van der Waals surface area contributed by atoms with Crippen LogP contribution in [-0.4, -0.2) is 54.1 Å². The first-order valence-electron chi connectivity index (χ1n) is 9.54. The van der Waals surface area contributed by atoms with Crippen molar-refractivity contribution in [2.24, 2.45) is 5.92 Å². The van der Waals surface area contributed by atoms with Crippen LogP contribution in [0.4, 0.5) is 5.82 Å². The molecule has 1 N–H and O–H groups in total. The fraction of sp³-hybridized carbons (Fsp3) is 0.381. The minimum Gasteiger partial charge on any atom is -0.383 e. The number of piperidine rings is 1. The number of thiazole rings is 1. The minimum atomic E-state index is 0.0415. The quantitative estimate of drug-likeness (QED) is 0.689. The molecule has 3 heterocycles. The molecule has 4 rings (SSSR count). The smallest absolute Gasteiger partial charge is 0.228 e. The lowest BCUT2D eigenvalue weighted by atomic mass is 9.96. The maximum absolute atomic E-state index is 12.7. The number of likely N-dealkylation sites (tertiary alicyclic amines) is 1. The number of pyridine rings is 1. The van der Waals surface area contributed by atoms with E-state index in [0.717, 1.165) is 60.3 Å². The number of carbonyl (C=O) groups excluding carboxylic acids is 1. The Kier molecular flexibility index (Phi) is 5.95. The van der Waals surface area contributed by atoms with Gasteiger partial charge < -0.3 is 15.0 Å². The lowest BCUT2D eigenvalue weighted by molar-refractivity contribution is -0.121. The van der Waals surface area contributed by atoms with Gasteiger partial charge in [0.05, 0.1) is 17.0 Å². The van der Waals surface area contributed by atoms with Gasteiger partial charge in [0.1, 0.15) is 5.82 Å². The van der Waals surface area contributed by atoms with Gasteiger partial charge in [0.25, 0.3) is 0 Å². The van der Waals surface area contributed by atoms with Gasteiger partial charge in [-0.2, -0.15) is 0 Å². The Morgan fingerprint density at radius 2 is 2.11 bits per heavy atom. The van der Waals surface area contributed by atoms with Crippen LogP contribution in [0.2, 0.25) is 0 Å². The maximum atomic E-state index is 12.7. The van der Waals surface area contributed by atoms with E-state index < -0.39 is 0 Å². The number of anilines is 1. The molecule has 1 aliphatic rings. The van der Waals surface area contributed by atoms with Crippen molar-refractivity contribution >= 4 is 33.8 Å². The fourth-order valence-electron chi connectivity index (χ4n) is 3.59. The first kappa shape index (κ1) is 19.0. The van der Waals surface area contributed by atoms with E-state index in [-0.39, 0.29) is 11.8 Å². The van der Waals surface area contributed by atoms with Gasteiger partial charge in [0.2, 0.25) is 5.91 Å². The van der Waals surface area contributed by atoms with Gasteiger partial charge in [-0.05, 0) is 49.0 Å². The summed E-state index contributed by atoms with van der Waals surface area (Å²) in [6, 6.07) is 8.20. The number of ether oxygens (including phenoxy) is 1. The molecule has 1 amide bonds. The molecule has 0 atom stereocenters. The molecule has 0 radical (unpaired) electrons. The maximum Gasteiger partial charge on any atom is 0.228 e. The Morgan fingerprint density at radius 3 is 2.86 bits per heavy atom. The molecule has 1 saturated heterocycles. The summed E-state index contributed by atoms with van der Waals surface area (Å²) in [4.78, 5) is 24.7. The molecule has 0 saturated carbocycles. The number of nitrogens with zero attached hydrogens (tertiary/aromatic N) is 3. The van der Waals surface area contributed by atoms with Crippen LogP contribution in [0, 0.1) is 5.92 Å². The van der Waals surface area contributed by atoms with Gasteiger partial charge in [-0.25, -0.2) is 4.98 Å². The van der Waals surface area contributed by atoms with E-state index in [2.05, 4.69) is 38.4 Å². The Bertz CT molecular complexity index is 937. The normalized spacial score (nSPS) is 15.8. The van der Waals surface area contributed by atoms with Crippen molar-refractivity contribution in [1.29, 1.82) is 0 Å². The number of carbonyl (C=O) groups is 1. The number of amides is 1. The Labute approximate surface area is 168 Å². The number of fused-ring (bicyclic) bond motifs is 1. The molecule has 2 aromatic heterocycles. The van der Waals surface area contributed by atoms with Crippen molar-refractivity contribution in [3.63, 3.8) is 0 Å². The summed E-state index contributed by atoms with van der Waals surface area (Å²) in [7, 11) is 1.72. The highest BCUT2D eigenvalue weighted by molar-refractivity contribution is 7.13. The Morgan fingerprint density at radius 1 is 1.25 bits per heavy atom. The van der Waals surface area contributed by atoms with E-state index in [0.29, 0.717) is 5.82 Å². The van der Waals surface area contributed by atoms with Gasteiger partial charge in [0.15, 0.2) is 0 Å². The van der Waals surface area contributed by atoms with Crippen LogP contribution in [-0.2, 0) is 9.53 Å². The third-order valence-corrected chi connectivity index (χ3v) is 6.08. The molecule has 0 bridgehead atoms. The van der Waals surface area contributed by atoms with Crippen LogP contribution < -0.4 is 5.32 Å². The predicted octanol–water partition coefficient (Wildman–Crippen LogP) is 3.66. The zero-order chi connectivity index (χ0) is 19.3. The second-order valence-electron chi connectivity index (χ2n) is 7.10. The average molecular weight is 397 g/mol. The number of rotatable bonds is 6. The standard InChI is InChI=1S/C21H24N4O2S/c1-27-9-8-25-6-4-15(5-7-25)21(26)24-20-11-18-10-16(19-13-22-14-28-19)2-3-17(18)12-23-20/h2-3,10-15H,4-9H2,1H3,(H,23,24,26). The van der Waals surface area contributed by atoms with Crippen molar-refractivity contribution < 1.29 is 9.53 Å². The number of aromatic nitrogens is 2. The van der Waals surface area contributed by atoms with Crippen LogP contribution in [0.15, 0.2) is 42.2 Å². The lowest BCUT2D eigenvalue weighted by Crippen LogP contribution is -2.39. The molecule has 0 aliphatic carbocycles. The van der Waals surface area contributed by atoms with Crippen LogP contribution in [0.1, 0.15) is 12.8 Å². The topological polar surface area (TPSA) is 67.3 Å². The molecule has 3 aromatic rings. The zero-order valence-electron chi connectivity index (χ0n) is 15.9. The number of nitrogens with one attached hydrogen (secondary N) is 1. The zero-order valence-corrected chi connectivity index (χ0v) is 16.7. The van der Waals surface area contributed by atoms with Crippen molar-refractivity contribution in [2.45, 2.75) is 12.8 Å². The van der Waals surface area contributed by atoms with Gasteiger partial charge in [-0.1, -0.05) is 12.1 Å². The third kappa shape index (κ3) is 4.38. The van der Waals surface area contributed by atoms with Crippen molar-refractivity contribution in [2.75, 3.05) is 38.7 Å². The molecular formula is C21H24N4O2S. The monoisotopic (exact) mass is 396 g/mol. The fourth-order valence-corrected chi connectivity index (χ4v) is 4.21. The van der Waals surface area contributed by atoms with E-state index in [4.69, 9.17) is 4.74 Å². The molecule has 1 fully saturated rings. The average Bonchev–Trinajstić information content (AvgIpc) is 3.27. The molecule has 146 valence electrons. The molecule has 1 aromatic carbocycles. The number of benzene rings is 1. The van der Waals surface area contributed by atoms with Crippen molar-refractivity contribution in [1.82, 2.24) is 14.9 Å². The van der Waals surface area contributed by atoms with Gasteiger partial charge in [0, 0.05) is 37.4 Å². The second-order valence-corrected chi connectivity index (χ2v) is 7.98. The summed E-state index contributed by atoms with van der Waals surface area (Å²) in [6.07, 6.45) is 5.43. The van der Waals surface area contributed by atoms with Crippen molar-refractivity contribution in [3.8, 4) is 10.4 Å². The summed E-state index contributed by atoms with van der Waals surface area (Å²) < 4.78 is 5.13. The highest BCUT2D eigenvalue weighted by atomic mass is 32.1. The molecule has 7 heteroatoms. The van der Waals surface area contributed by atoms with Crippen LogP contribution in [0.3, 0.4) is 0 Å². The summed E-state index contributed by atoms with van der Waals surface area (Å²) in [5.74, 6) is 0.720. The first-order valence-corrected chi connectivity index (χ1v) is 10.4. The van der Waals surface area contributed by atoms with Gasteiger partial charge >= 0.3 is 0 Å². The van der Waals surface area contributed by atoms with Crippen LogP contribution in [0.5, 0.6) is 0 Å². The lowest BCUT2D eigenvalue weighted by Gasteiger charge is -2.30. The summed E-state index contributed by atoms with van der Waals surface area (Å²) in [6.45, 7) is 3.54. The SMILES string of the molecule is COCCN1CCC(C(=O)Nc2cc3cc(-c4cncs4)ccc3cn2)CC1. The second kappa shape index (κ2) is 8.77. The number of hydrogen-bond donors (Lipinski definition) is 1. The first-order chi connectivity index (χ1) is 13.7. The Hall–Kier alpha value is -2.35. The number of hydrogen-bond acceptors (Lipinski definition) is 6. The van der Waals surface area contributed by atoms with E-state index in [1.54, 1.807) is 18.4 Å². The summed E-state index contributed by atoms with van der Waals surface area (Å²) in [5, 5.41) is 5.13. The molecule has 0 unspecified atom stereocenters. The van der Waals surface area contributed by atoms with E-state index in [1.165, 1.54) is 0 Å². The highest BCUT2D eigenvalue weighted by Gasteiger charge is 2.25. The minimum absolute atomic E-state index is 0.0415. The predicted molar refractivity (Wildman–Crippen MR) is 113 cm³/mol. The van der Waals surface area contributed by atoms with E-state index >= 15 is 0 Å². The van der Waals surface area contributed by atoms with Gasteiger partial charge in [-0.3, -0.25) is 9.78 Å². The van der Waals surface area contributed by atoms with Crippen LogP contribution in [0.25, 0.3) is 21.2 Å². The molecule has 28 heavy (non-hydrogen) atoms. The molecule has 6 nitrogen and oxygen atoms in total. The van der Waals surface area contributed by atoms with Gasteiger partial charge in [-0.15, -0.1) is 11.3 Å². The molecule has 0 spiro atoms. The summed E-state index contributed by atoms with van der Waals surface area (Å²) in [5.41, 5.74) is 2.96. The van der Waals surface area contributed by atoms with E-state index in [9.17, 15) is 4.79 Å². The number of methoxy groups -OCH3 is 1. The van der Waals surface area contributed by atoms with Crippen LogP contribution >= 0.6 is 11.3 Å². The highest BCUT2D eigenvalue weighted by Crippen LogP contribution is 2.28. The van der Waals surface area contributed by atoms with E-state index in [1.807, 2.05) is 24.0 Å². The molecule has 1 aliphatic heterocycles.